The summed E-state index contributed by atoms with van der Waals surface area (Å²) in [6, 6.07) is 3.87. The first-order valence-corrected chi connectivity index (χ1v) is 9.64. The van der Waals surface area contributed by atoms with Gasteiger partial charge in [0.25, 0.3) is 0 Å². The van der Waals surface area contributed by atoms with Gasteiger partial charge in [-0.3, -0.25) is 15.1 Å². The summed E-state index contributed by atoms with van der Waals surface area (Å²) in [5.41, 5.74) is 0. The van der Waals surface area contributed by atoms with Crippen molar-refractivity contribution in [3.05, 3.63) is 23.4 Å². The summed E-state index contributed by atoms with van der Waals surface area (Å²) in [5, 5.41) is 3.37. The predicted octanol–water partition coefficient (Wildman–Crippen LogP) is 1.99. The second-order valence-corrected chi connectivity index (χ2v) is 7.60. The van der Waals surface area contributed by atoms with E-state index in [0.717, 1.165) is 39.3 Å². The Balaban J connectivity index is 1.42. The zero-order chi connectivity index (χ0) is 18.5. The largest absolute Gasteiger partial charge is 0.374 e. The van der Waals surface area contributed by atoms with Gasteiger partial charge in [-0.15, -0.1) is 0 Å². The maximum Gasteiger partial charge on any atom is 0.323 e. The summed E-state index contributed by atoms with van der Waals surface area (Å²) in [6.45, 7) is 11.3. The van der Waals surface area contributed by atoms with Crippen molar-refractivity contribution in [3.8, 4) is 0 Å². The standard InChI is InChI=1S/C18H28ClN5O2/c1-14(2)24-9-10-26-16(13-24)12-22-5-7-23(8-6-22)18(25)21-17-4-3-15(19)11-20-17/h3-4,11,14,16H,5-10,12-13H2,1-2H3,(H,20,21,25)/t16-/m0/s1. The van der Waals surface area contributed by atoms with E-state index < -0.39 is 0 Å². The topological polar surface area (TPSA) is 60.9 Å². The number of hydrogen-bond acceptors (Lipinski definition) is 5. The van der Waals surface area contributed by atoms with Gasteiger partial charge in [0.2, 0.25) is 0 Å². The molecule has 0 bridgehead atoms. The number of carbonyl (C=O) groups excluding carboxylic acids is 1. The van der Waals surface area contributed by atoms with Gasteiger partial charge in [-0.2, -0.15) is 0 Å². The normalized spacial score (nSPS) is 22.6. The minimum atomic E-state index is -0.112. The van der Waals surface area contributed by atoms with Crippen LogP contribution in [0.3, 0.4) is 0 Å². The molecule has 8 heteroatoms. The van der Waals surface area contributed by atoms with E-state index >= 15 is 0 Å². The lowest BCUT2D eigenvalue weighted by Crippen LogP contribution is -2.54. The van der Waals surface area contributed by atoms with E-state index in [1.165, 1.54) is 6.20 Å². The van der Waals surface area contributed by atoms with E-state index in [1.54, 1.807) is 12.1 Å². The summed E-state index contributed by atoms with van der Waals surface area (Å²) in [6.07, 6.45) is 1.78. The van der Waals surface area contributed by atoms with E-state index in [2.05, 4.69) is 33.9 Å². The lowest BCUT2D eigenvalue weighted by molar-refractivity contribution is -0.0551. The lowest BCUT2D eigenvalue weighted by atomic mass is 10.2. The zero-order valence-electron chi connectivity index (χ0n) is 15.5. The number of carbonyl (C=O) groups is 1. The molecule has 0 saturated carbocycles. The van der Waals surface area contributed by atoms with E-state index in [4.69, 9.17) is 16.3 Å². The molecule has 3 rings (SSSR count). The van der Waals surface area contributed by atoms with Crippen LogP contribution in [0.4, 0.5) is 10.6 Å². The van der Waals surface area contributed by atoms with Crippen molar-refractivity contribution in [2.75, 3.05) is 57.7 Å². The van der Waals surface area contributed by atoms with Gasteiger partial charge in [-0.1, -0.05) is 11.6 Å². The fourth-order valence-corrected chi connectivity index (χ4v) is 3.49. The van der Waals surface area contributed by atoms with Crippen molar-refractivity contribution < 1.29 is 9.53 Å². The molecule has 2 saturated heterocycles. The monoisotopic (exact) mass is 381 g/mol. The Bertz CT molecular complexity index is 590. The van der Waals surface area contributed by atoms with Crippen LogP contribution in [0.15, 0.2) is 18.3 Å². The Morgan fingerprint density at radius 3 is 2.73 bits per heavy atom. The fourth-order valence-electron chi connectivity index (χ4n) is 3.38. The first-order chi connectivity index (χ1) is 12.5. The van der Waals surface area contributed by atoms with Gasteiger partial charge in [0.15, 0.2) is 0 Å². The number of morpholine rings is 1. The smallest absolute Gasteiger partial charge is 0.323 e. The maximum atomic E-state index is 12.4. The van der Waals surface area contributed by atoms with Crippen LogP contribution in [0, 0.1) is 0 Å². The molecule has 144 valence electrons. The average Bonchev–Trinajstić information content (AvgIpc) is 2.64. The van der Waals surface area contributed by atoms with Crippen LogP contribution in [-0.4, -0.2) is 90.3 Å². The van der Waals surface area contributed by atoms with Crippen molar-refractivity contribution in [2.24, 2.45) is 0 Å². The Morgan fingerprint density at radius 1 is 1.31 bits per heavy atom. The minimum Gasteiger partial charge on any atom is -0.374 e. The van der Waals surface area contributed by atoms with E-state index in [1.807, 2.05) is 4.90 Å². The average molecular weight is 382 g/mol. The molecule has 26 heavy (non-hydrogen) atoms. The van der Waals surface area contributed by atoms with Crippen molar-refractivity contribution in [1.82, 2.24) is 19.7 Å². The Labute approximate surface area is 160 Å². The highest BCUT2D eigenvalue weighted by atomic mass is 35.5. The summed E-state index contributed by atoms with van der Waals surface area (Å²) in [5.74, 6) is 0.520. The van der Waals surface area contributed by atoms with Crippen molar-refractivity contribution in [2.45, 2.75) is 26.0 Å². The van der Waals surface area contributed by atoms with E-state index in [-0.39, 0.29) is 12.1 Å². The number of pyridine rings is 1. The molecule has 2 aliphatic heterocycles. The van der Waals surface area contributed by atoms with Crippen LogP contribution in [0.5, 0.6) is 0 Å². The number of hydrogen-bond donors (Lipinski definition) is 1. The molecule has 1 atom stereocenters. The highest BCUT2D eigenvalue weighted by Crippen LogP contribution is 2.13. The van der Waals surface area contributed by atoms with Gasteiger partial charge in [-0.05, 0) is 26.0 Å². The van der Waals surface area contributed by atoms with Gasteiger partial charge in [0.05, 0.1) is 17.7 Å². The Morgan fingerprint density at radius 2 is 2.08 bits per heavy atom. The number of piperazine rings is 1. The quantitative estimate of drug-likeness (QED) is 0.864. The molecule has 2 aliphatic rings. The molecular formula is C18H28ClN5O2. The third-order valence-corrected chi connectivity index (χ3v) is 5.21. The van der Waals surface area contributed by atoms with Crippen LogP contribution in [0.25, 0.3) is 0 Å². The van der Waals surface area contributed by atoms with Crippen LogP contribution < -0.4 is 5.32 Å². The number of nitrogens with one attached hydrogen (secondary N) is 1. The van der Waals surface area contributed by atoms with Crippen LogP contribution in [0.2, 0.25) is 5.02 Å². The number of aromatic nitrogens is 1. The number of amides is 2. The SMILES string of the molecule is CC(C)N1CCO[C@@H](CN2CCN(C(=O)Nc3ccc(Cl)cn3)CC2)C1. The zero-order valence-corrected chi connectivity index (χ0v) is 16.3. The molecule has 1 aromatic heterocycles. The Kier molecular flexibility index (Phi) is 6.69. The van der Waals surface area contributed by atoms with Gasteiger partial charge in [-0.25, -0.2) is 9.78 Å². The van der Waals surface area contributed by atoms with Crippen molar-refractivity contribution in [3.63, 3.8) is 0 Å². The first-order valence-electron chi connectivity index (χ1n) is 9.27. The van der Waals surface area contributed by atoms with E-state index in [9.17, 15) is 4.79 Å². The molecule has 3 heterocycles. The van der Waals surface area contributed by atoms with Gasteiger partial charge < -0.3 is 9.64 Å². The highest BCUT2D eigenvalue weighted by Gasteiger charge is 2.27. The molecule has 0 radical (unpaired) electrons. The number of nitrogens with zero attached hydrogens (tertiary/aromatic N) is 4. The number of rotatable bonds is 4. The van der Waals surface area contributed by atoms with Crippen LogP contribution in [-0.2, 0) is 4.74 Å². The second kappa shape index (κ2) is 8.99. The molecule has 0 aliphatic carbocycles. The van der Waals surface area contributed by atoms with Crippen molar-refractivity contribution >= 4 is 23.4 Å². The third kappa shape index (κ3) is 5.30. The summed E-state index contributed by atoms with van der Waals surface area (Å²) in [7, 11) is 0. The number of ether oxygens (including phenoxy) is 1. The summed E-state index contributed by atoms with van der Waals surface area (Å²) in [4.78, 5) is 23.1. The first kappa shape index (κ1) is 19.4. The molecule has 2 amide bonds. The lowest BCUT2D eigenvalue weighted by Gasteiger charge is -2.40. The van der Waals surface area contributed by atoms with Gasteiger partial charge in [0, 0.05) is 58.1 Å². The number of halogens is 1. The summed E-state index contributed by atoms with van der Waals surface area (Å²) >= 11 is 5.81. The molecule has 0 spiro atoms. The molecular weight excluding hydrogens is 354 g/mol. The van der Waals surface area contributed by atoms with Gasteiger partial charge >= 0.3 is 6.03 Å². The minimum absolute atomic E-state index is 0.112. The third-order valence-electron chi connectivity index (χ3n) is 4.98. The molecule has 7 nitrogen and oxygen atoms in total. The second-order valence-electron chi connectivity index (χ2n) is 7.16. The van der Waals surface area contributed by atoms with E-state index in [0.29, 0.717) is 30.0 Å². The van der Waals surface area contributed by atoms with Gasteiger partial charge in [0.1, 0.15) is 5.82 Å². The fraction of sp³-hybridized carbons (Fsp3) is 0.667. The summed E-state index contributed by atoms with van der Waals surface area (Å²) < 4.78 is 5.93. The van der Waals surface area contributed by atoms with Crippen LogP contribution in [0.1, 0.15) is 13.8 Å². The molecule has 1 aromatic rings. The predicted molar refractivity (Wildman–Crippen MR) is 103 cm³/mol. The molecule has 2 fully saturated rings. The van der Waals surface area contributed by atoms with Crippen molar-refractivity contribution in [1.29, 1.82) is 0 Å². The molecule has 0 unspecified atom stereocenters. The molecule has 0 aromatic carbocycles. The van der Waals surface area contributed by atoms with Crippen LogP contribution >= 0.6 is 11.6 Å². The Hall–Kier alpha value is -1.41. The number of urea groups is 1. The number of anilines is 1. The highest BCUT2D eigenvalue weighted by molar-refractivity contribution is 6.30. The maximum absolute atomic E-state index is 12.4. The molecule has 1 N–H and O–H groups in total.